The lowest BCUT2D eigenvalue weighted by Crippen LogP contribution is -2.47. The van der Waals surface area contributed by atoms with Crippen molar-refractivity contribution >= 4 is 11.9 Å². The number of rotatable bonds is 7. The summed E-state index contributed by atoms with van der Waals surface area (Å²) in [4.78, 5) is 26.8. The second kappa shape index (κ2) is 7.20. The second-order valence-corrected chi connectivity index (χ2v) is 4.41. The molecule has 1 rings (SSSR count). The van der Waals surface area contributed by atoms with Gasteiger partial charge in [-0.05, 0) is 20.8 Å². The fraction of sp³-hybridized carbons (Fsp3) is 0.833. The highest BCUT2D eigenvalue weighted by atomic mass is 16.2. The minimum atomic E-state index is -0.199. The molecule has 104 valence electrons. The molecule has 6 nitrogen and oxygen atoms in total. The molecule has 6 heteroatoms. The highest BCUT2D eigenvalue weighted by molar-refractivity contribution is 5.81. The summed E-state index contributed by atoms with van der Waals surface area (Å²) in [5, 5.41) is 5.92. The molecule has 0 aromatic heterocycles. The molecule has 1 unspecified atom stereocenters. The van der Waals surface area contributed by atoms with Crippen LogP contribution in [0.2, 0.25) is 0 Å². The topological polar surface area (TPSA) is 64.7 Å². The highest BCUT2D eigenvalue weighted by Crippen LogP contribution is 1.97. The lowest BCUT2D eigenvalue weighted by molar-refractivity contribution is -0.132. The number of hydrogen-bond donors (Lipinski definition) is 2. The average Bonchev–Trinajstić information content (AvgIpc) is 2.76. The Morgan fingerprint density at radius 2 is 2.17 bits per heavy atom. The van der Waals surface area contributed by atoms with Gasteiger partial charge in [-0.1, -0.05) is 0 Å². The smallest absolute Gasteiger partial charge is 0.317 e. The van der Waals surface area contributed by atoms with Gasteiger partial charge in [0.1, 0.15) is 0 Å². The number of likely N-dealkylation sites (N-methyl/N-ethyl adjacent to an activating group) is 1. The molecule has 0 aromatic carbocycles. The Kier molecular flexibility index (Phi) is 5.91. The maximum absolute atomic E-state index is 12.0. The molecule has 1 fully saturated rings. The van der Waals surface area contributed by atoms with Gasteiger partial charge < -0.3 is 20.4 Å². The van der Waals surface area contributed by atoms with Crippen LogP contribution in [0.4, 0.5) is 4.79 Å². The van der Waals surface area contributed by atoms with Gasteiger partial charge in [0.15, 0.2) is 0 Å². The van der Waals surface area contributed by atoms with Crippen LogP contribution in [0.1, 0.15) is 20.8 Å². The van der Waals surface area contributed by atoms with Gasteiger partial charge in [-0.15, -0.1) is 0 Å². The van der Waals surface area contributed by atoms with Crippen LogP contribution in [-0.2, 0) is 4.79 Å². The quantitative estimate of drug-likeness (QED) is 0.666. The molecular weight excluding hydrogens is 232 g/mol. The molecule has 18 heavy (non-hydrogen) atoms. The largest absolute Gasteiger partial charge is 0.342 e. The van der Waals surface area contributed by atoms with E-state index in [0.29, 0.717) is 19.6 Å². The Bertz CT molecular complexity index is 292. The van der Waals surface area contributed by atoms with E-state index in [1.165, 1.54) is 0 Å². The Morgan fingerprint density at radius 3 is 2.67 bits per heavy atom. The van der Waals surface area contributed by atoms with Crippen LogP contribution < -0.4 is 10.6 Å². The third kappa shape index (κ3) is 3.87. The normalized spacial score (nSPS) is 16.6. The van der Waals surface area contributed by atoms with Gasteiger partial charge in [0.05, 0.1) is 6.04 Å². The van der Waals surface area contributed by atoms with Crippen molar-refractivity contribution in [2.75, 3.05) is 39.3 Å². The first-order valence-corrected chi connectivity index (χ1v) is 6.65. The highest BCUT2D eigenvalue weighted by Gasteiger charge is 2.20. The van der Waals surface area contributed by atoms with Crippen molar-refractivity contribution in [3.63, 3.8) is 0 Å². The lowest BCUT2D eigenvalue weighted by atomic mass is 10.2. The molecule has 1 aliphatic heterocycles. The van der Waals surface area contributed by atoms with Gasteiger partial charge in [-0.25, -0.2) is 4.79 Å². The molecule has 0 aromatic rings. The maximum Gasteiger partial charge on any atom is 0.317 e. The van der Waals surface area contributed by atoms with E-state index in [-0.39, 0.29) is 18.0 Å². The van der Waals surface area contributed by atoms with Crippen molar-refractivity contribution in [3.8, 4) is 0 Å². The third-order valence-electron chi connectivity index (χ3n) is 3.22. The number of carbonyl (C=O) groups excluding carboxylic acids is 2. The van der Waals surface area contributed by atoms with Crippen molar-refractivity contribution in [2.24, 2.45) is 0 Å². The number of urea groups is 1. The SMILES string of the molecule is CCN(CC)C(=O)C(C)NCCN1CCNC1=O. The summed E-state index contributed by atoms with van der Waals surface area (Å²) in [6, 6.07) is -0.213. The van der Waals surface area contributed by atoms with E-state index in [1.807, 2.05) is 20.8 Å². The first-order valence-electron chi connectivity index (χ1n) is 6.65. The van der Waals surface area contributed by atoms with Gasteiger partial charge in [0, 0.05) is 39.3 Å². The minimum absolute atomic E-state index is 0.0143. The zero-order valence-corrected chi connectivity index (χ0v) is 11.5. The number of amides is 3. The fourth-order valence-electron chi connectivity index (χ4n) is 2.04. The Balaban J connectivity index is 2.25. The fourth-order valence-corrected chi connectivity index (χ4v) is 2.04. The lowest BCUT2D eigenvalue weighted by Gasteiger charge is -2.24. The number of nitrogens with zero attached hydrogens (tertiary/aromatic N) is 2. The summed E-state index contributed by atoms with van der Waals surface area (Å²) in [6.45, 7) is 10.0. The zero-order chi connectivity index (χ0) is 13.5. The summed E-state index contributed by atoms with van der Waals surface area (Å²) in [6.07, 6.45) is 0. The minimum Gasteiger partial charge on any atom is -0.342 e. The Morgan fingerprint density at radius 1 is 1.50 bits per heavy atom. The van der Waals surface area contributed by atoms with Crippen LogP contribution >= 0.6 is 0 Å². The van der Waals surface area contributed by atoms with Gasteiger partial charge in [-0.3, -0.25) is 4.79 Å². The maximum atomic E-state index is 12.0. The molecule has 0 bridgehead atoms. The summed E-state index contributed by atoms with van der Waals surface area (Å²) < 4.78 is 0. The summed E-state index contributed by atoms with van der Waals surface area (Å²) in [5.41, 5.74) is 0. The molecule has 0 aliphatic carbocycles. The van der Waals surface area contributed by atoms with Crippen LogP contribution in [0.15, 0.2) is 0 Å². The summed E-state index contributed by atoms with van der Waals surface area (Å²) in [5.74, 6) is 0.117. The van der Waals surface area contributed by atoms with Crippen LogP contribution in [-0.4, -0.2) is 67.0 Å². The van der Waals surface area contributed by atoms with E-state index < -0.39 is 0 Å². The first-order chi connectivity index (χ1) is 8.60. The second-order valence-electron chi connectivity index (χ2n) is 4.41. The average molecular weight is 256 g/mol. The first kappa shape index (κ1) is 14.8. The Hall–Kier alpha value is -1.30. The number of carbonyl (C=O) groups is 2. The molecule has 0 spiro atoms. The molecule has 1 aliphatic rings. The van der Waals surface area contributed by atoms with E-state index in [4.69, 9.17) is 0 Å². The van der Waals surface area contributed by atoms with Crippen LogP contribution in [0.5, 0.6) is 0 Å². The van der Waals surface area contributed by atoms with Crippen LogP contribution in [0, 0.1) is 0 Å². The van der Waals surface area contributed by atoms with Gasteiger partial charge >= 0.3 is 6.03 Å². The monoisotopic (exact) mass is 256 g/mol. The molecule has 3 amide bonds. The van der Waals surface area contributed by atoms with E-state index in [9.17, 15) is 9.59 Å². The predicted molar refractivity (Wildman–Crippen MR) is 70.4 cm³/mol. The van der Waals surface area contributed by atoms with E-state index in [0.717, 1.165) is 19.6 Å². The standard InChI is InChI=1S/C12H24N4O2/c1-4-15(5-2)11(17)10(3)13-6-8-16-9-7-14-12(16)18/h10,13H,4-9H2,1-3H3,(H,14,18). The van der Waals surface area contributed by atoms with E-state index in [1.54, 1.807) is 9.80 Å². The summed E-state index contributed by atoms with van der Waals surface area (Å²) in [7, 11) is 0. The van der Waals surface area contributed by atoms with E-state index in [2.05, 4.69) is 10.6 Å². The van der Waals surface area contributed by atoms with Crippen molar-refractivity contribution < 1.29 is 9.59 Å². The molecular formula is C12H24N4O2. The summed E-state index contributed by atoms with van der Waals surface area (Å²) >= 11 is 0. The molecule has 1 atom stereocenters. The molecule has 0 saturated carbocycles. The third-order valence-corrected chi connectivity index (χ3v) is 3.22. The molecule has 0 radical (unpaired) electrons. The van der Waals surface area contributed by atoms with E-state index >= 15 is 0 Å². The van der Waals surface area contributed by atoms with Crippen molar-refractivity contribution in [3.05, 3.63) is 0 Å². The van der Waals surface area contributed by atoms with Crippen molar-refractivity contribution in [2.45, 2.75) is 26.8 Å². The van der Waals surface area contributed by atoms with Crippen LogP contribution in [0.25, 0.3) is 0 Å². The van der Waals surface area contributed by atoms with Crippen LogP contribution in [0.3, 0.4) is 0 Å². The number of nitrogens with one attached hydrogen (secondary N) is 2. The molecule has 1 heterocycles. The Labute approximate surface area is 109 Å². The van der Waals surface area contributed by atoms with Gasteiger partial charge in [-0.2, -0.15) is 0 Å². The predicted octanol–water partition coefficient (Wildman–Crippen LogP) is -0.142. The zero-order valence-electron chi connectivity index (χ0n) is 11.5. The van der Waals surface area contributed by atoms with Crippen molar-refractivity contribution in [1.82, 2.24) is 20.4 Å². The molecule has 1 saturated heterocycles. The van der Waals surface area contributed by atoms with Crippen molar-refractivity contribution in [1.29, 1.82) is 0 Å². The van der Waals surface area contributed by atoms with Gasteiger partial charge in [0.2, 0.25) is 5.91 Å². The molecule has 2 N–H and O–H groups in total. The number of hydrogen-bond acceptors (Lipinski definition) is 3. The van der Waals surface area contributed by atoms with Gasteiger partial charge in [0.25, 0.3) is 0 Å².